The van der Waals surface area contributed by atoms with Crippen molar-refractivity contribution in [1.29, 1.82) is 0 Å². The minimum atomic E-state index is -0.198. The van der Waals surface area contributed by atoms with Crippen molar-refractivity contribution in [3.8, 4) is 0 Å². The maximum atomic E-state index is 13.6. The smallest absolute Gasteiger partial charge is 0.146 e. The fraction of sp³-hybridized carbons (Fsp3) is 0.286. The van der Waals surface area contributed by atoms with E-state index in [4.69, 9.17) is 0 Å². The molecule has 0 saturated carbocycles. The minimum absolute atomic E-state index is 0.131. The lowest BCUT2D eigenvalue weighted by molar-refractivity contribution is 0.627. The van der Waals surface area contributed by atoms with Crippen LogP contribution in [0.1, 0.15) is 29.0 Å². The third-order valence-electron chi connectivity index (χ3n) is 2.79. The van der Waals surface area contributed by atoms with Gasteiger partial charge in [0, 0.05) is 4.88 Å². The molecule has 0 aliphatic carbocycles. The van der Waals surface area contributed by atoms with Gasteiger partial charge in [-0.15, -0.1) is 11.3 Å². The number of anilines is 1. The number of hydrogen-bond donors (Lipinski definition) is 1. The molecule has 1 atom stereocenters. The van der Waals surface area contributed by atoms with Crippen molar-refractivity contribution in [2.75, 3.05) is 5.32 Å². The second kappa shape index (κ2) is 4.88. The summed E-state index contributed by atoms with van der Waals surface area (Å²) >= 11 is 1.70. The van der Waals surface area contributed by atoms with Crippen LogP contribution in [0, 0.1) is 19.7 Å². The fourth-order valence-electron chi connectivity index (χ4n) is 1.88. The van der Waals surface area contributed by atoms with Crippen molar-refractivity contribution < 1.29 is 4.39 Å². The molecule has 0 amide bonds. The van der Waals surface area contributed by atoms with Gasteiger partial charge in [0.25, 0.3) is 0 Å². The molecule has 1 N–H and O–H groups in total. The maximum absolute atomic E-state index is 13.6. The van der Waals surface area contributed by atoms with Gasteiger partial charge in [0.2, 0.25) is 0 Å². The molecular weight excluding hydrogens is 233 g/mol. The molecule has 17 heavy (non-hydrogen) atoms. The molecule has 0 fully saturated rings. The van der Waals surface area contributed by atoms with Gasteiger partial charge in [0.05, 0.1) is 11.7 Å². The second-order valence-electron chi connectivity index (χ2n) is 4.32. The Hall–Kier alpha value is -1.35. The summed E-state index contributed by atoms with van der Waals surface area (Å²) in [5.41, 5.74) is 2.89. The summed E-state index contributed by atoms with van der Waals surface area (Å²) < 4.78 is 13.6. The monoisotopic (exact) mass is 249 g/mol. The first kappa shape index (κ1) is 12.1. The SMILES string of the molecule is Cc1ccc(F)c(NC(C)c2sccc2C)c1. The van der Waals surface area contributed by atoms with Gasteiger partial charge in [0.1, 0.15) is 5.82 Å². The number of halogens is 1. The zero-order valence-corrected chi connectivity index (χ0v) is 11.1. The van der Waals surface area contributed by atoms with E-state index in [0.29, 0.717) is 5.69 Å². The zero-order chi connectivity index (χ0) is 12.4. The van der Waals surface area contributed by atoms with Gasteiger partial charge in [-0.1, -0.05) is 6.07 Å². The summed E-state index contributed by atoms with van der Waals surface area (Å²) in [4.78, 5) is 1.26. The van der Waals surface area contributed by atoms with Crippen LogP contribution in [0.3, 0.4) is 0 Å². The second-order valence-corrected chi connectivity index (χ2v) is 5.26. The Morgan fingerprint density at radius 3 is 2.65 bits per heavy atom. The Bertz CT molecular complexity index is 519. The fourth-order valence-corrected chi connectivity index (χ4v) is 2.81. The topological polar surface area (TPSA) is 12.0 Å². The molecule has 0 aliphatic rings. The van der Waals surface area contributed by atoms with Gasteiger partial charge in [-0.25, -0.2) is 4.39 Å². The lowest BCUT2D eigenvalue weighted by Gasteiger charge is -2.16. The Morgan fingerprint density at radius 1 is 1.24 bits per heavy atom. The van der Waals surface area contributed by atoms with Gasteiger partial charge in [-0.05, 0) is 55.5 Å². The van der Waals surface area contributed by atoms with Crippen molar-refractivity contribution in [2.45, 2.75) is 26.8 Å². The molecule has 0 radical (unpaired) electrons. The normalized spacial score (nSPS) is 12.5. The Balaban J connectivity index is 2.21. The predicted molar refractivity (Wildman–Crippen MR) is 72.2 cm³/mol. The summed E-state index contributed by atoms with van der Waals surface area (Å²) in [6.07, 6.45) is 0. The highest BCUT2D eigenvalue weighted by Crippen LogP contribution is 2.28. The van der Waals surface area contributed by atoms with Gasteiger partial charge >= 0.3 is 0 Å². The van der Waals surface area contributed by atoms with Crippen LogP contribution in [-0.2, 0) is 0 Å². The summed E-state index contributed by atoms with van der Waals surface area (Å²) in [5.74, 6) is -0.198. The van der Waals surface area contributed by atoms with E-state index in [1.54, 1.807) is 17.4 Å². The van der Waals surface area contributed by atoms with E-state index in [1.807, 2.05) is 13.0 Å². The molecule has 0 bridgehead atoms. The van der Waals surface area contributed by atoms with Crippen LogP contribution in [0.15, 0.2) is 29.6 Å². The van der Waals surface area contributed by atoms with E-state index in [1.165, 1.54) is 16.5 Å². The molecule has 90 valence electrons. The van der Waals surface area contributed by atoms with E-state index in [2.05, 4.69) is 30.6 Å². The molecule has 2 aromatic rings. The number of thiophene rings is 1. The Labute approximate surface area is 105 Å². The highest BCUT2D eigenvalue weighted by atomic mass is 32.1. The van der Waals surface area contributed by atoms with Gasteiger partial charge in [0.15, 0.2) is 0 Å². The van der Waals surface area contributed by atoms with Crippen molar-refractivity contribution >= 4 is 17.0 Å². The minimum Gasteiger partial charge on any atom is -0.375 e. The van der Waals surface area contributed by atoms with E-state index >= 15 is 0 Å². The maximum Gasteiger partial charge on any atom is 0.146 e. The van der Waals surface area contributed by atoms with Crippen molar-refractivity contribution in [3.05, 3.63) is 51.5 Å². The first-order valence-electron chi connectivity index (χ1n) is 5.64. The molecule has 0 aliphatic heterocycles. The first-order chi connectivity index (χ1) is 8.08. The molecule has 0 saturated heterocycles. The summed E-state index contributed by atoms with van der Waals surface area (Å²) in [5, 5.41) is 5.29. The van der Waals surface area contributed by atoms with E-state index < -0.39 is 0 Å². The third-order valence-corrected chi connectivity index (χ3v) is 3.99. The van der Waals surface area contributed by atoms with Crippen LogP contribution in [-0.4, -0.2) is 0 Å². The zero-order valence-electron chi connectivity index (χ0n) is 10.3. The third kappa shape index (κ3) is 2.67. The van der Waals surface area contributed by atoms with Gasteiger partial charge in [-0.3, -0.25) is 0 Å². The van der Waals surface area contributed by atoms with Crippen LogP contribution in [0.4, 0.5) is 10.1 Å². The Morgan fingerprint density at radius 2 is 2.00 bits per heavy atom. The van der Waals surface area contributed by atoms with Crippen LogP contribution in [0.2, 0.25) is 0 Å². The average Bonchev–Trinajstić information content (AvgIpc) is 2.70. The molecule has 1 aromatic carbocycles. The largest absolute Gasteiger partial charge is 0.375 e. The average molecular weight is 249 g/mol. The van der Waals surface area contributed by atoms with Crippen LogP contribution >= 0.6 is 11.3 Å². The molecule has 1 unspecified atom stereocenters. The van der Waals surface area contributed by atoms with Crippen molar-refractivity contribution in [3.63, 3.8) is 0 Å². The van der Waals surface area contributed by atoms with E-state index in [0.717, 1.165) is 5.56 Å². The number of benzene rings is 1. The van der Waals surface area contributed by atoms with Crippen LogP contribution < -0.4 is 5.32 Å². The number of aryl methyl sites for hydroxylation is 2. The number of rotatable bonds is 3. The van der Waals surface area contributed by atoms with Gasteiger partial charge < -0.3 is 5.32 Å². The summed E-state index contributed by atoms with van der Waals surface area (Å²) in [7, 11) is 0. The number of nitrogens with one attached hydrogen (secondary N) is 1. The Kier molecular flexibility index (Phi) is 3.48. The molecule has 1 nitrogen and oxygen atoms in total. The van der Waals surface area contributed by atoms with Crippen LogP contribution in [0.25, 0.3) is 0 Å². The summed E-state index contributed by atoms with van der Waals surface area (Å²) in [6, 6.07) is 7.35. The van der Waals surface area contributed by atoms with Crippen LogP contribution in [0.5, 0.6) is 0 Å². The molecule has 3 heteroatoms. The molecule has 1 heterocycles. The van der Waals surface area contributed by atoms with Gasteiger partial charge in [-0.2, -0.15) is 0 Å². The molecule has 1 aromatic heterocycles. The predicted octanol–water partition coefficient (Wildman–Crippen LogP) is 4.68. The quantitative estimate of drug-likeness (QED) is 0.833. The highest BCUT2D eigenvalue weighted by Gasteiger charge is 2.11. The molecule has 0 spiro atoms. The number of hydrogen-bond acceptors (Lipinski definition) is 2. The highest BCUT2D eigenvalue weighted by molar-refractivity contribution is 7.10. The van der Waals surface area contributed by atoms with Crippen molar-refractivity contribution in [1.82, 2.24) is 0 Å². The lowest BCUT2D eigenvalue weighted by Crippen LogP contribution is -2.07. The standard InChI is InChI=1S/C14H16FNS/c1-9-4-5-12(15)13(8-9)16-11(3)14-10(2)6-7-17-14/h4-8,11,16H,1-3H3. The van der Waals surface area contributed by atoms with E-state index in [-0.39, 0.29) is 11.9 Å². The molecular formula is C14H16FNS. The molecule has 2 rings (SSSR count). The summed E-state index contributed by atoms with van der Waals surface area (Å²) in [6.45, 7) is 6.10. The van der Waals surface area contributed by atoms with E-state index in [9.17, 15) is 4.39 Å². The first-order valence-corrected chi connectivity index (χ1v) is 6.52. The lowest BCUT2D eigenvalue weighted by atomic mass is 10.1. The van der Waals surface area contributed by atoms with Crippen molar-refractivity contribution in [2.24, 2.45) is 0 Å².